The van der Waals surface area contributed by atoms with E-state index in [2.05, 4.69) is 45.6 Å². The summed E-state index contributed by atoms with van der Waals surface area (Å²) in [6, 6.07) is 6.47. The van der Waals surface area contributed by atoms with E-state index in [1.165, 1.54) is 18.4 Å². The predicted octanol–water partition coefficient (Wildman–Crippen LogP) is 2.92. The molecule has 1 aromatic carbocycles. The Bertz CT molecular complexity index is 774. The molecule has 0 radical (unpaired) electrons. The van der Waals surface area contributed by atoms with Gasteiger partial charge in [-0.1, -0.05) is 12.1 Å². The van der Waals surface area contributed by atoms with Gasteiger partial charge in [-0.3, -0.25) is 14.7 Å². The first kappa shape index (κ1) is 24.4. The van der Waals surface area contributed by atoms with Crippen molar-refractivity contribution in [3.05, 3.63) is 29.3 Å². The summed E-state index contributed by atoms with van der Waals surface area (Å²) in [4.78, 5) is 20.7. The number of likely N-dealkylation sites (N-methyl/N-ethyl adjacent to an activating group) is 1. The molecule has 1 heterocycles. The number of hydrogen-bond acceptors (Lipinski definition) is 4. The Labute approximate surface area is 193 Å². The molecule has 1 atom stereocenters. The smallest absolute Gasteiger partial charge is 0.239 e. The fourth-order valence-corrected chi connectivity index (χ4v) is 4.66. The number of benzene rings is 1. The van der Waals surface area contributed by atoms with Gasteiger partial charge in [-0.2, -0.15) is 0 Å². The molecular weight excluding hydrogens is 402 g/mol. The van der Waals surface area contributed by atoms with E-state index in [1.807, 2.05) is 14.1 Å². The number of hydrogen-bond donors (Lipinski definition) is 2. The van der Waals surface area contributed by atoms with Gasteiger partial charge < -0.3 is 20.3 Å². The molecule has 2 N–H and O–H groups in total. The average Bonchev–Trinajstić information content (AvgIpc) is 3.45. The second-order valence-electron chi connectivity index (χ2n) is 9.27. The van der Waals surface area contributed by atoms with Crippen LogP contribution in [0.1, 0.15) is 56.1 Å². The molecule has 0 bridgehead atoms. The minimum Gasteiger partial charge on any atom is -0.490 e. The summed E-state index contributed by atoms with van der Waals surface area (Å²) in [5.41, 5.74) is 2.38. The molecule has 7 heteroatoms. The van der Waals surface area contributed by atoms with Crippen LogP contribution in [-0.2, 0) is 11.3 Å². The lowest BCUT2D eigenvalue weighted by atomic mass is 10.1. The van der Waals surface area contributed by atoms with Crippen molar-refractivity contribution < 1.29 is 9.53 Å². The first-order valence-corrected chi connectivity index (χ1v) is 12.1. The maximum absolute atomic E-state index is 12.3. The van der Waals surface area contributed by atoms with Crippen molar-refractivity contribution in [2.75, 3.05) is 40.8 Å². The van der Waals surface area contributed by atoms with Crippen LogP contribution in [0.4, 0.5) is 0 Å². The van der Waals surface area contributed by atoms with Crippen LogP contribution in [0.2, 0.25) is 0 Å². The number of nitrogens with zero attached hydrogens (tertiary/aromatic N) is 3. The topological polar surface area (TPSA) is 69.2 Å². The van der Waals surface area contributed by atoms with E-state index >= 15 is 0 Å². The lowest BCUT2D eigenvalue weighted by Crippen LogP contribution is -2.44. The minimum atomic E-state index is 0.0438. The number of aliphatic imine (C=N–C) groups is 1. The molecule has 1 saturated heterocycles. The summed E-state index contributed by atoms with van der Waals surface area (Å²) in [6.45, 7) is 5.53. The molecule has 1 aliphatic heterocycles. The highest BCUT2D eigenvalue weighted by molar-refractivity contribution is 5.81. The number of carbonyl (C=O) groups is 1. The predicted molar refractivity (Wildman–Crippen MR) is 130 cm³/mol. The molecule has 3 rings (SSSR count). The molecule has 1 saturated carbocycles. The van der Waals surface area contributed by atoms with Crippen LogP contribution >= 0.6 is 0 Å². The number of guanidine groups is 1. The molecule has 1 aromatic rings. The van der Waals surface area contributed by atoms with E-state index < -0.39 is 0 Å². The fourth-order valence-electron chi connectivity index (χ4n) is 4.66. The van der Waals surface area contributed by atoms with Gasteiger partial charge in [-0.15, -0.1) is 0 Å². The fraction of sp³-hybridized carbons (Fsp3) is 0.680. The first-order valence-electron chi connectivity index (χ1n) is 12.1. The standard InChI is InChI=1S/C25H41N5O2/c1-19-12-13-20(23(17-19)32-21-9-5-6-10-21)18-28-25(26-2)27-14-8-16-30-15-7-11-22(30)24(31)29(3)4/h12-13,17,21-22H,5-11,14-16,18H2,1-4H3,(H2,26,27,28). The van der Waals surface area contributed by atoms with Crippen molar-refractivity contribution in [3.8, 4) is 5.75 Å². The molecule has 2 fully saturated rings. The van der Waals surface area contributed by atoms with Gasteiger partial charge in [-0.05, 0) is 70.0 Å². The van der Waals surface area contributed by atoms with Crippen LogP contribution in [-0.4, -0.2) is 74.6 Å². The van der Waals surface area contributed by atoms with Crippen molar-refractivity contribution in [1.82, 2.24) is 20.4 Å². The van der Waals surface area contributed by atoms with Crippen molar-refractivity contribution >= 4 is 11.9 Å². The average molecular weight is 444 g/mol. The summed E-state index contributed by atoms with van der Waals surface area (Å²) in [7, 11) is 5.48. The number of ether oxygens (including phenoxy) is 1. The highest BCUT2D eigenvalue weighted by atomic mass is 16.5. The molecule has 1 amide bonds. The van der Waals surface area contributed by atoms with Crippen molar-refractivity contribution in [2.45, 2.75) is 70.6 Å². The van der Waals surface area contributed by atoms with Gasteiger partial charge in [0.2, 0.25) is 5.91 Å². The van der Waals surface area contributed by atoms with E-state index in [-0.39, 0.29) is 11.9 Å². The molecule has 0 spiro atoms. The van der Waals surface area contributed by atoms with Crippen molar-refractivity contribution in [1.29, 1.82) is 0 Å². The number of nitrogens with one attached hydrogen (secondary N) is 2. The summed E-state index contributed by atoms with van der Waals surface area (Å²) in [5.74, 6) is 2.01. The lowest BCUT2D eigenvalue weighted by Gasteiger charge is -2.26. The molecular formula is C25H41N5O2. The molecule has 7 nitrogen and oxygen atoms in total. The summed E-state index contributed by atoms with van der Waals surface area (Å²) >= 11 is 0. The van der Waals surface area contributed by atoms with Crippen LogP contribution in [0.3, 0.4) is 0 Å². The Morgan fingerprint density at radius 3 is 2.69 bits per heavy atom. The minimum absolute atomic E-state index is 0.0438. The van der Waals surface area contributed by atoms with Gasteiger partial charge in [0.25, 0.3) is 0 Å². The SMILES string of the molecule is CN=C(NCCCN1CCCC1C(=O)N(C)C)NCc1ccc(C)cc1OC1CCCC1. The third kappa shape index (κ3) is 6.86. The highest BCUT2D eigenvalue weighted by Gasteiger charge is 2.31. The summed E-state index contributed by atoms with van der Waals surface area (Å²) in [6.07, 6.45) is 8.23. The second kappa shape index (κ2) is 12.1. The maximum atomic E-state index is 12.3. The second-order valence-corrected chi connectivity index (χ2v) is 9.27. The Kier molecular flexibility index (Phi) is 9.21. The van der Waals surface area contributed by atoms with E-state index in [4.69, 9.17) is 4.74 Å². The first-order chi connectivity index (χ1) is 15.5. The quantitative estimate of drug-likeness (QED) is 0.349. The summed E-state index contributed by atoms with van der Waals surface area (Å²) in [5, 5.41) is 6.84. The van der Waals surface area contributed by atoms with E-state index in [1.54, 1.807) is 11.9 Å². The largest absolute Gasteiger partial charge is 0.490 e. The van der Waals surface area contributed by atoms with Gasteiger partial charge in [0.15, 0.2) is 5.96 Å². The van der Waals surface area contributed by atoms with Gasteiger partial charge in [0, 0.05) is 46.3 Å². The molecule has 0 aromatic heterocycles. The normalized spacial score (nSPS) is 19.9. The maximum Gasteiger partial charge on any atom is 0.239 e. The number of carbonyl (C=O) groups excluding carboxylic acids is 1. The third-order valence-corrected chi connectivity index (χ3v) is 6.49. The summed E-state index contributed by atoms with van der Waals surface area (Å²) < 4.78 is 6.32. The Morgan fingerprint density at radius 1 is 1.19 bits per heavy atom. The Balaban J connectivity index is 1.44. The highest BCUT2D eigenvalue weighted by Crippen LogP contribution is 2.27. The molecule has 1 unspecified atom stereocenters. The van der Waals surface area contributed by atoms with Crippen LogP contribution in [0, 0.1) is 6.92 Å². The monoisotopic (exact) mass is 443 g/mol. The zero-order chi connectivity index (χ0) is 22.9. The van der Waals surface area contributed by atoms with E-state index in [0.29, 0.717) is 12.6 Å². The number of likely N-dealkylation sites (tertiary alicyclic amines) is 1. The number of amides is 1. The molecule has 178 valence electrons. The van der Waals surface area contributed by atoms with Gasteiger partial charge >= 0.3 is 0 Å². The molecule has 32 heavy (non-hydrogen) atoms. The zero-order valence-corrected chi connectivity index (χ0v) is 20.3. The van der Waals surface area contributed by atoms with Crippen molar-refractivity contribution in [3.63, 3.8) is 0 Å². The van der Waals surface area contributed by atoms with Gasteiger partial charge in [0.1, 0.15) is 5.75 Å². The van der Waals surface area contributed by atoms with Crippen LogP contribution in [0.15, 0.2) is 23.2 Å². The number of rotatable bonds is 9. The van der Waals surface area contributed by atoms with Crippen molar-refractivity contribution in [2.24, 2.45) is 4.99 Å². The number of aryl methyl sites for hydroxylation is 1. The Morgan fingerprint density at radius 2 is 1.97 bits per heavy atom. The molecule has 1 aliphatic carbocycles. The van der Waals surface area contributed by atoms with Gasteiger partial charge in [-0.25, -0.2) is 0 Å². The van der Waals surface area contributed by atoms with Crippen LogP contribution in [0.5, 0.6) is 5.75 Å². The Hall–Kier alpha value is -2.28. The van der Waals surface area contributed by atoms with Crippen LogP contribution in [0.25, 0.3) is 0 Å². The van der Waals surface area contributed by atoms with Crippen LogP contribution < -0.4 is 15.4 Å². The van der Waals surface area contributed by atoms with E-state index in [9.17, 15) is 4.79 Å². The molecule has 2 aliphatic rings. The van der Waals surface area contributed by atoms with Gasteiger partial charge in [0.05, 0.1) is 12.1 Å². The van der Waals surface area contributed by atoms with E-state index in [0.717, 1.165) is 69.0 Å². The lowest BCUT2D eigenvalue weighted by molar-refractivity contribution is -0.133. The third-order valence-electron chi connectivity index (χ3n) is 6.49. The zero-order valence-electron chi connectivity index (χ0n) is 20.3.